The molecule has 4 rings (SSSR count). The topological polar surface area (TPSA) is 68.2 Å². The van der Waals surface area contributed by atoms with E-state index in [1.807, 2.05) is 19.9 Å². The van der Waals surface area contributed by atoms with Gasteiger partial charge in [-0.25, -0.2) is 0 Å². The Morgan fingerprint density at radius 2 is 1.97 bits per heavy atom. The van der Waals surface area contributed by atoms with Crippen LogP contribution < -0.4 is 4.74 Å². The van der Waals surface area contributed by atoms with Crippen LogP contribution in [0.25, 0.3) is 0 Å². The van der Waals surface area contributed by atoms with Gasteiger partial charge in [0, 0.05) is 30.5 Å². The predicted octanol–water partition coefficient (Wildman–Crippen LogP) is 4.94. The van der Waals surface area contributed by atoms with Gasteiger partial charge in [0.25, 0.3) is 0 Å². The third kappa shape index (κ3) is 5.13. The monoisotopic (exact) mass is 471 g/mol. The van der Waals surface area contributed by atoms with Gasteiger partial charge in [0.05, 0.1) is 25.2 Å². The number of phenols is 1. The molecule has 2 atom stereocenters. The van der Waals surface area contributed by atoms with Crippen LogP contribution in [0.5, 0.6) is 11.5 Å². The largest absolute Gasteiger partial charge is 0.508 e. The molecular formula is C28H41NO5. The number of carbonyl (C=O) groups excluding carboxylic acids is 1. The molecule has 0 aromatic heterocycles. The second kappa shape index (κ2) is 9.90. The standard InChI is InChI=1S/C28H41NO5/c1-19-8-9-22-21(16-19)25-23(30)17-20(18-24(25)34-28(22,4)5)27(2,3)26(31)33-13-7-6-10-29-11-14-32-15-12-29/h8,17-18,21-22,30H,6-7,9-16H2,1-5H3/t21-,22-/m1/s1. The Kier molecular flexibility index (Phi) is 7.30. The number of phenolic OH excluding ortho intramolecular Hbond substituents is 1. The van der Waals surface area contributed by atoms with Gasteiger partial charge in [-0.15, -0.1) is 0 Å². The Morgan fingerprint density at radius 3 is 2.71 bits per heavy atom. The first-order chi connectivity index (χ1) is 16.1. The van der Waals surface area contributed by atoms with E-state index in [1.165, 1.54) is 5.57 Å². The van der Waals surface area contributed by atoms with Gasteiger partial charge in [-0.3, -0.25) is 9.69 Å². The van der Waals surface area contributed by atoms with E-state index in [1.54, 1.807) is 6.07 Å². The van der Waals surface area contributed by atoms with Crippen molar-refractivity contribution in [2.24, 2.45) is 5.92 Å². The highest BCUT2D eigenvalue weighted by Crippen LogP contribution is 2.54. The Hall–Kier alpha value is -2.05. The fraction of sp³-hybridized carbons (Fsp3) is 0.679. The van der Waals surface area contributed by atoms with Gasteiger partial charge < -0.3 is 19.3 Å². The number of carbonyl (C=O) groups is 1. The van der Waals surface area contributed by atoms with Crippen molar-refractivity contribution in [2.45, 2.75) is 77.2 Å². The van der Waals surface area contributed by atoms with Crippen LogP contribution in [0.2, 0.25) is 0 Å². The molecule has 1 aromatic carbocycles. The lowest BCUT2D eigenvalue weighted by Crippen LogP contribution is -2.45. The molecule has 0 amide bonds. The average molecular weight is 472 g/mol. The summed E-state index contributed by atoms with van der Waals surface area (Å²) in [6, 6.07) is 3.69. The molecule has 2 heterocycles. The number of fused-ring (bicyclic) bond motifs is 3. The SMILES string of the molecule is CC1=CC[C@@H]2[C@@H](C1)c1c(O)cc(C(C)(C)C(=O)OCCCCN3CCOCC3)cc1OC2(C)C. The predicted molar refractivity (Wildman–Crippen MR) is 133 cm³/mol. The van der Waals surface area contributed by atoms with Crippen molar-refractivity contribution < 1.29 is 24.1 Å². The van der Waals surface area contributed by atoms with Crippen LogP contribution in [0.3, 0.4) is 0 Å². The molecule has 188 valence electrons. The zero-order valence-electron chi connectivity index (χ0n) is 21.5. The van der Waals surface area contributed by atoms with Gasteiger partial charge in [-0.05, 0) is 84.5 Å². The molecule has 0 unspecified atom stereocenters. The maximum atomic E-state index is 13.0. The molecular weight excluding hydrogens is 430 g/mol. The van der Waals surface area contributed by atoms with Gasteiger partial charge in [0.15, 0.2) is 0 Å². The van der Waals surface area contributed by atoms with E-state index in [4.69, 9.17) is 14.2 Å². The van der Waals surface area contributed by atoms with Crippen molar-refractivity contribution in [3.63, 3.8) is 0 Å². The van der Waals surface area contributed by atoms with Crippen LogP contribution in [0.4, 0.5) is 0 Å². The third-order valence-electron chi connectivity index (χ3n) is 7.94. The summed E-state index contributed by atoms with van der Waals surface area (Å²) in [6.07, 6.45) is 6.00. The Balaban J connectivity index is 1.42. The zero-order chi connectivity index (χ0) is 24.5. The minimum atomic E-state index is -0.885. The van der Waals surface area contributed by atoms with Crippen molar-refractivity contribution >= 4 is 5.97 Å². The van der Waals surface area contributed by atoms with Crippen molar-refractivity contribution in [3.8, 4) is 11.5 Å². The number of aromatic hydroxyl groups is 1. The maximum Gasteiger partial charge on any atom is 0.315 e. The lowest BCUT2D eigenvalue weighted by molar-refractivity contribution is -0.149. The number of allylic oxidation sites excluding steroid dienone is 2. The number of morpholine rings is 1. The third-order valence-corrected chi connectivity index (χ3v) is 7.94. The smallest absolute Gasteiger partial charge is 0.315 e. The summed E-state index contributed by atoms with van der Waals surface area (Å²) in [5.41, 5.74) is 1.73. The van der Waals surface area contributed by atoms with E-state index in [2.05, 4.69) is 31.7 Å². The zero-order valence-corrected chi connectivity index (χ0v) is 21.5. The molecule has 2 aliphatic heterocycles. The summed E-state index contributed by atoms with van der Waals surface area (Å²) in [4.78, 5) is 15.4. The summed E-state index contributed by atoms with van der Waals surface area (Å²) in [6.45, 7) is 15.1. The molecule has 1 N–H and O–H groups in total. The molecule has 3 aliphatic rings. The van der Waals surface area contributed by atoms with Crippen molar-refractivity contribution in [3.05, 3.63) is 34.9 Å². The van der Waals surface area contributed by atoms with E-state index in [0.717, 1.165) is 69.7 Å². The minimum absolute atomic E-state index is 0.221. The van der Waals surface area contributed by atoms with Crippen LogP contribution in [-0.4, -0.2) is 61.0 Å². The summed E-state index contributed by atoms with van der Waals surface area (Å²) >= 11 is 0. The molecule has 0 bridgehead atoms. The number of rotatable bonds is 7. The second-order valence-electron chi connectivity index (χ2n) is 11.2. The van der Waals surface area contributed by atoms with Gasteiger partial charge in [-0.1, -0.05) is 11.6 Å². The Bertz CT molecular complexity index is 929. The fourth-order valence-corrected chi connectivity index (χ4v) is 5.65. The summed E-state index contributed by atoms with van der Waals surface area (Å²) in [5.74, 6) is 1.18. The minimum Gasteiger partial charge on any atom is -0.508 e. The van der Waals surface area contributed by atoms with Gasteiger partial charge >= 0.3 is 5.97 Å². The molecule has 1 aliphatic carbocycles. The number of hydrogen-bond acceptors (Lipinski definition) is 6. The highest BCUT2D eigenvalue weighted by molar-refractivity contribution is 5.82. The molecule has 1 saturated heterocycles. The van der Waals surface area contributed by atoms with E-state index < -0.39 is 5.41 Å². The van der Waals surface area contributed by atoms with Crippen LogP contribution >= 0.6 is 0 Å². The first kappa shape index (κ1) is 25.1. The van der Waals surface area contributed by atoms with Crippen LogP contribution in [0.15, 0.2) is 23.8 Å². The van der Waals surface area contributed by atoms with E-state index in [-0.39, 0.29) is 23.2 Å². The quantitative estimate of drug-likeness (QED) is 0.345. The lowest BCUT2D eigenvalue weighted by Gasteiger charge is -2.47. The summed E-state index contributed by atoms with van der Waals surface area (Å²) in [5, 5.41) is 11.1. The molecule has 34 heavy (non-hydrogen) atoms. The van der Waals surface area contributed by atoms with E-state index >= 15 is 0 Å². The average Bonchev–Trinajstić information content (AvgIpc) is 2.78. The molecule has 0 saturated carbocycles. The van der Waals surface area contributed by atoms with Crippen molar-refractivity contribution in [1.29, 1.82) is 0 Å². The van der Waals surface area contributed by atoms with Gasteiger partial charge in [-0.2, -0.15) is 0 Å². The number of benzene rings is 1. The lowest BCUT2D eigenvalue weighted by atomic mass is 9.67. The van der Waals surface area contributed by atoms with Crippen molar-refractivity contribution in [2.75, 3.05) is 39.5 Å². The number of esters is 1. The molecule has 0 spiro atoms. The van der Waals surface area contributed by atoms with Crippen LogP contribution in [0.1, 0.15) is 77.3 Å². The van der Waals surface area contributed by atoms with Crippen molar-refractivity contribution in [1.82, 2.24) is 4.90 Å². The summed E-state index contributed by atoms with van der Waals surface area (Å²) < 4.78 is 17.5. The van der Waals surface area contributed by atoms with Crippen LogP contribution in [0, 0.1) is 5.92 Å². The highest BCUT2D eigenvalue weighted by Gasteiger charge is 2.46. The molecule has 6 nitrogen and oxygen atoms in total. The number of ether oxygens (including phenoxy) is 3. The maximum absolute atomic E-state index is 13.0. The van der Waals surface area contributed by atoms with Crippen LogP contribution in [-0.2, 0) is 19.7 Å². The van der Waals surface area contributed by atoms with Gasteiger partial charge in [0.2, 0.25) is 0 Å². The number of unbranched alkanes of at least 4 members (excludes halogenated alkanes) is 1. The second-order valence-corrected chi connectivity index (χ2v) is 11.2. The highest BCUT2D eigenvalue weighted by atomic mass is 16.5. The first-order valence-electron chi connectivity index (χ1n) is 12.8. The molecule has 6 heteroatoms. The number of hydrogen-bond donors (Lipinski definition) is 1. The Labute approximate surface area is 204 Å². The number of nitrogens with zero attached hydrogens (tertiary/aromatic N) is 1. The van der Waals surface area contributed by atoms with E-state index in [0.29, 0.717) is 18.3 Å². The molecule has 1 fully saturated rings. The normalized spacial score (nSPS) is 24.4. The Morgan fingerprint density at radius 1 is 1.24 bits per heavy atom. The first-order valence-corrected chi connectivity index (χ1v) is 12.8. The molecule has 0 radical (unpaired) electrons. The van der Waals surface area contributed by atoms with E-state index in [9.17, 15) is 9.90 Å². The summed E-state index contributed by atoms with van der Waals surface area (Å²) in [7, 11) is 0. The fourth-order valence-electron chi connectivity index (χ4n) is 5.65. The van der Waals surface area contributed by atoms with Gasteiger partial charge in [0.1, 0.15) is 17.1 Å². The molecule has 1 aromatic rings.